The molecular weight excluding hydrogens is 396 g/mol. The molecule has 1 unspecified atom stereocenters. The Bertz CT molecular complexity index is 955. The van der Waals surface area contributed by atoms with Crippen molar-refractivity contribution in [2.45, 2.75) is 33.6 Å². The molecule has 0 spiro atoms. The molecule has 0 radical (unpaired) electrons. The molecule has 7 heteroatoms. The van der Waals surface area contributed by atoms with Crippen LogP contribution < -0.4 is 15.0 Å². The third kappa shape index (κ3) is 5.42. The van der Waals surface area contributed by atoms with Gasteiger partial charge < -0.3 is 19.7 Å². The number of nitrogens with zero attached hydrogens (tertiary/aromatic N) is 1. The lowest BCUT2D eigenvalue weighted by atomic mass is 10.1. The number of rotatable bonds is 8. The normalized spacial score (nSPS) is 15.6. The van der Waals surface area contributed by atoms with Crippen LogP contribution in [0.4, 0.5) is 11.4 Å². The fourth-order valence-corrected chi connectivity index (χ4v) is 3.64. The van der Waals surface area contributed by atoms with Crippen LogP contribution in [-0.2, 0) is 25.5 Å². The number of nitrogens with one attached hydrogen (secondary N) is 1. The second-order valence-electron chi connectivity index (χ2n) is 7.45. The molecule has 3 rings (SSSR count). The van der Waals surface area contributed by atoms with E-state index in [0.29, 0.717) is 12.3 Å². The molecule has 31 heavy (non-hydrogen) atoms. The number of carbonyl (C=O) groups is 3. The average Bonchev–Trinajstić information content (AvgIpc) is 3.16. The Morgan fingerprint density at radius 2 is 1.87 bits per heavy atom. The molecule has 0 saturated carbocycles. The molecule has 1 atom stereocenters. The van der Waals surface area contributed by atoms with Crippen LogP contribution in [0.5, 0.6) is 5.75 Å². The van der Waals surface area contributed by atoms with Gasteiger partial charge in [-0.2, -0.15) is 0 Å². The molecule has 1 aliphatic heterocycles. The minimum Gasteiger partial charge on any atom is -0.494 e. The van der Waals surface area contributed by atoms with Gasteiger partial charge in [-0.05, 0) is 55.7 Å². The highest BCUT2D eigenvalue weighted by Gasteiger charge is 2.36. The lowest BCUT2D eigenvalue weighted by Crippen LogP contribution is -2.28. The van der Waals surface area contributed by atoms with Crippen molar-refractivity contribution in [3.8, 4) is 5.75 Å². The number of amides is 2. The Hall–Kier alpha value is -3.35. The second-order valence-corrected chi connectivity index (χ2v) is 7.45. The van der Waals surface area contributed by atoms with Gasteiger partial charge in [0.2, 0.25) is 5.91 Å². The number of para-hydroxylation sites is 1. The maximum Gasteiger partial charge on any atom is 0.311 e. The molecule has 0 aliphatic carbocycles. The highest BCUT2D eigenvalue weighted by Crippen LogP contribution is 2.27. The van der Waals surface area contributed by atoms with E-state index in [2.05, 4.69) is 5.32 Å². The van der Waals surface area contributed by atoms with Crippen molar-refractivity contribution in [1.29, 1.82) is 0 Å². The van der Waals surface area contributed by atoms with E-state index >= 15 is 0 Å². The summed E-state index contributed by atoms with van der Waals surface area (Å²) in [5.74, 6) is -0.971. The first-order valence-electron chi connectivity index (χ1n) is 10.5. The Morgan fingerprint density at radius 1 is 1.13 bits per heavy atom. The van der Waals surface area contributed by atoms with Crippen molar-refractivity contribution in [3.63, 3.8) is 0 Å². The maximum absolute atomic E-state index is 12.5. The van der Waals surface area contributed by atoms with E-state index in [0.717, 1.165) is 29.0 Å². The third-order valence-corrected chi connectivity index (χ3v) is 5.27. The summed E-state index contributed by atoms with van der Waals surface area (Å²) in [4.78, 5) is 38.7. The number of hydrogen-bond acceptors (Lipinski definition) is 5. The first kappa shape index (κ1) is 22.3. The summed E-state index contributed by atoms with van der Waals surface area (Å²) < 4.78 is 10.6. The standard InChI is InChI=1S/C24H28N2O5/c1-4-17-8-6-7-16(3)23(17)25-21(27)15-31-24(29)18-13-22(28)26(14-18)19-9-11-20(12-10-19)30-5-2/h6-12,18H,4-5,13-15H2,1-3H3,(H,25,27). The summed E-state index contributed by atoms with van der Waals surface area (Å²) in [6.07, 6.45) is 0.841. The minimum atomic E-state index is -0.600. The lowest BCUT2D eigenvalue weighted by Gasteiger charge is -2.17. The van der Waals surface area contributed by atoms with Crippen LogP contribution in [0.1, 0.15) is 31.4 Å². The zero-order valence-corrected chi connectivity index (χ0v) is 18.1. The summed E-state index contributed by atoms with van der Waals surface area (Å²) in [7, 11) is 0. The van der Waals surface area contributed by atoms with Gasteiger partial charge in [0, 0.05) is 24.3 Å². The van der Waals surface area contributed by atoms with Gasteiger partial charge in [0.05, 0.1) is 12.5 Å². The van der Waals surface area contributed by atoms with Crippen molar-refractivity contribution in [3.05, 3.63) is 53.6 Å². The minimum absolute atomic E-state index is 0.0610. The third-order valence-electron chi connectivity index (χ3n) is 5.27. The van der Waals surface area contributed by atoms with E-state index in [1.807, 2.05) is 39.0 Å². The van der Waals surface area contributed by atoms with Gasteiger partial charge in [0.15, 0.2) is 6.61 Å². The molecule has 7 nitrogen and oxygen atoms in total. The largest absolute Gasteiger partial charge is 0.494 e. The number of esters is 1. The fraction of sp³-hybridized carbons (Fsp3) is 0.375. The predicted molar refractivity (Wildman–Crippen MR) is 118 cm³/mol. The Labute approximate surface area is 182 Å². The second kappa shape index (κ2) is 10.1. The highest BCUT2D eigenvalue weighted by molar-refractivity contribution is 6.00. The van der Waals surface area contributed by atoms with Crippen LogP contribution in [0.2, 0.25) is 0 Å². The summed E-state index contributed by atoms with van der Waals surface area (Å²) in [5, 5.41) is 2.83. The van der Waals surface area contributed by atoms with Gasteiger partial charge in [0.25, 0.3) is 5.91 Å². The summed E-state index contributed by atoms with van der Waals surface area (Å²) in [5.41, 5.74) is 3.43. The number of ether oxygens (including phenoxy) is 2. The molecule has 1 fully saturated rings. The van der Waals surface area contributed by atoms with Gasteiger partial charge in [-0.25, -0.2) is 0 Å². The van der Waals surface area contributed by atoms with Gasteiger partial charge in [-0.15, -0.1) is 0 Å². The first-order valence-corrected chi connectivity index (χ1v) is 10.5. The fourth-order valence-electron chi connectivity index (χ4n) is 3.64. The summed E-state index contributed by atoms with van der Waals surface area (Å²) in [6, 6.07) is 13.0. The Balaban J connectivity index is 1.54. The molecule has 164 valence electrons. The molecule has 1 N–H and O–H groups in total. The maximum atomic E-state index is 12.5. The van der Waals surface area contributed by atoms with Crippen molar-refractivity contribution in [2.24, 2.45) is 5.92 Å². The van der Waals surface area contributed by atoms with Crippen LogP contribution in [0.15, 0.2) is 42.5 Å². The Kier molecular flexibility index (Phi) is 7.28. The topological polar surface area (TPSA) is 84.9 Å². The number of aryl methyl sites for hydroxylation is 2. The number of hydrogen-bond donors (Lipinski definition) is 1. The predicted octanol–water partition coefficient (Wildman–Crippen LogP) is 3.49. The van der Waals surface area contributed by atoms with E-state index in [1.54, 1.807) is 29.2 Å². The van der Waals surface area contributed by atoms with Crippen molar-refractivity contribution in [1.82, 2.24) is 0 Å². The number of benzene rings is 2. The SMILES string of the molecule is CCOc1ccc(N2CC(C(=O)OCC(=O)Nc3c(C)cccc3CC)CC2=O)cc1. The Morgan fingerprint density at radius 3 is 2.55 bits per heavy atom. The number of anilines is 2. The van der Waals surface area contributed by atoms with Gasteiger partial charge in [0.1, 0.15) is 5.75 Å². The highest BCUT2D eigenvalue weighted by atomic mass is 16.5. The van der Waals surface area contributed by atoms with E-state index in [9.17, 15) is 14.4 Å². The van der Waals surface area contributed by atoms with Gasteiger partial charge in [-0.1, -0.05) is 25.1 Å². The molecule has 0 bridgehead atoms. The van der Waals surface area contributed by atoms with E-state index in [-0.39, 0.29) is 25.5 Å². The molecule has 2 aromatic rings. The zero-order chi connectivity index (χ0) is 22.4. The molecule has 1 aliphatic rings. The molecule has 1 heterocycles. The summed E-state index contributed by atoms with van der Waals surface area (Å²) >= 11 is 0. The monoisotopic (exact) mass is 424 g/mol. The van der Waals surface area contributed by atoms with Crippen molar-refractivity contribution in [2.75, 3.05) is 30.0 Å². The lowest BCUT2D eigenvalue weighted by molar-refractivity contribution is -0.151. The van der Waals surface area contributed by atoms with E-state index in [4.69, 9.17) is 9.47 Å². The molecule has 0 aromatic heterocycles. The average molecular weight is 424 g/mol. The molecular formula is C24H28N2O5. The zero-order valence-electron chi connectivity index (χ0n) is 18.1. The van der Waals surface area contributed by atoms with Crippen molar-refractivity contribution >= 4 is 29.2 Å². The van der Waals surface area contributed by atoms with Gasteiger partial charge in [-0.3, -0.25) is 14.4 Å². The van der Waals surface area contributed by atoms with E-state index in [1.165, 1.54) is 0 Å². The van der Waals surface area contributed by atoms with Gasteiger partial charge >= 0.3 is 5.97 Å². The van der Waals surface area contributed by atoms with Crippen LogP contribution in [0, 0.1) is 12.8 Å². The van der Waals surface area contributed by atoms with Crippen LogP contribution >= 0.6 is 0 Å². The number of carbonyl (C=O) groups excluding carboxylic acids is 3. The van der Waals surface area contributed by atoms with Crippen LogP contribution in [-0.4, -0.2) is 37.5 Å². The molecule has 2 aromatic carbocycles. The first-order chi connectivity index (χ1) is 14.9. The molecule has 2 amide bonds. The quantitative estimate of drug-likeness (QED) is 0.656. The summed E-state index contributed by atoms with van der Waals surface area (Å²) in [6.45, 7) is 6.23. The smallest absolute Gasteiger partial charge is 0.311 e. The van der Waals surface area contributed by atoms with Crippen LogP contribution in [0.3, 0.4) is 0 Å². The van der Waals surface area contributed by atoms with Crippen LogP contribution in [0.25, 0.3) is 0 Å². The van der Waals surface area contributed by atoms with Crippen molar-refractivity contribution < 1.29 is 23.9 Å². The molecule has 1 saturated heterocycles. The van der Waals surface area contributed by atoms with E-state index < -0.39 is 17.8 Å².